The highest BCUT2D eigenvalue weighted by Gasteiger charge is 2.36. The molecule has 1 aliphatic heterocycles. The summed E-state index contributed by atoms with van der Waals surface area (Å²) in [6.45, 7) is 6.01. The molecule has 1 aromatic heterocycles. The number of hydrogen-bond donors (Lipinski definition) is 1. The fraction of sp³-hybridized carbons (Fsp3) is 0.280. The molecule has 1 unspecified atom stereocenters. The predicted octanol–water partition coefficient (Wildman–Crippen LogP) is 4.19. The summed E-state index contributed by atoms with van der Waals surface area (Å²) in [6.07, 6.45) is 0.147. The number of aryl methyl sites for hydroxylation is 3. The summed E-state index contributed by atoms with van der Waals surface area (Å²) >= 11 is 0. The third kappa shape index (κ3) is 5.11. The van der Waals surface area contributed by atoms with Crippen LogP contribution in [0.3, 0.4) is 0 Å². The maximum atomic E-state index is 12.8. The molecule has 4 rings (SSSR count). The molecule has 33 heavy (non-hydrogen) atoms. The van der Waals surface area contributed by atoms with Gasteiger partial charge in [-0.15, -0.1) is 0 Å². The highest BCUT2D eigenvalue weighted by atomic mass is 16.5. The molecule has 170 valence electrons. The molecular weight excluding hydrogens is 420 g/mol. The number of nitrogens with one attached hydrogen (secondary N) is 1. The number of hydrogen-bond acceptors (Lipinski definition) is 6. The molecular formula is C25H26N4O4. The first-order valence-corrected chi connectivity index (χ1v) is 10.7. The topological polar surface area (TPSA) is 93.7 Å². The minimum atomic E-state index is -0.456. The van der Waals surface area contributed by atoms with Gasteiger partial charge in [0, 0.05) is 30.0 Å². The maximum Gasteiger partial charge on any atom is 0.322 e. The Morgan fingerprint density at radius 2 is 1.73 bits per heavy atom. The van der Waals surface area contributed by atoms with Gasteiger partial charge in [0.15, 0.2) is 0 Å². The molecule has 0 spiro atoms. The Balaban J connectivity index is 1.40. The lowest BCUT2D eigenvalue weighted by atomic mass is 10.1. The van der Waals surface area contributed by atoms with Gasteiger partial charge in [-0.2, -0.15) is 0 Å². The van der Waals surface area contributed by atoms with Crippen molar-refractivity contribution in [3.8, 4) is 17.5 Å². The van der Waals surface area contributed by atoms with Crippen molar-refractivity contribution in [1.82, 2.24) is 9.97 Å². The molecule has 8 heteroatoms. The van der Waals surface area contributed by atoms with E-state index in [9.17, 15) is 9.59 Å². The lowest BCUT2D eigenvalue weighted by Crippen LogP contribution is -2.28. The quantitative estimate of drug-likeness (QED) is 0.610. The Morgan fingerprint density at radius 3 is 2.39 bits per heavy atom. The van der Waals surface area contributed by atoms with Crippen LogP contribution in [0.2, 0.25) is 0 Å². The van der Waals surface area contributed by atoms with Crippen LogP contribution in [0.15, 0.2) is 48.5 Å². The van der Waals surface area contributed by atoms with Crippen molar-refractivity contribution < 1.29 is 19.1 Å². The van der Waals surface area contributed by atoms with Crippen molar-refractivity contribution in [2.24, 2.45) is 5.92 Å². The van der Waals surface area contributed by atoms with Gasteiger partial charge in [-0.1, -0.05) is 6.07 Å². The Hall–Kier alpha value is -3.94. The molecule has 8 nitrogen and oxygen atoms in total. The van der Waals surface area contributed by atoms with Crippen LogP contribution < -0.4 is 19.7 Å². The lowest BCUT2D eigenvalue weighted by molar-refractivity contribution is -0.122. The summed E-state index contributed by atoms with van der Waals surface area (Å²) in [4.78, 5) is 35.6. The normalized spacial score (nSPS) is 15.5. The number of anilines is 2. The van der Waals surface area contributed by atoms with E-state index in [0.717, 1.165) is 17.0 Å². The van der Waals surface area contributed by atoms with Gasteiger partial charge >= 0.3 is 6.01 Å². The van der Waals surface area contributed by atoms with Crippen LogP contribution in [0, 0.1) is 26.7 Å². The molecule has 0 bridgehead atoms. The fourth-order valence-electron chi connectivity index (χ4n) is 3.82. The summed E-state index contributed by atoms with van der Waals surface area (Å²) in [5.41, 5.74) is 3.97. The number of carbonyl (C=O) groups excluding carboxylic acids is 2. The van der Waals surface area contributed by atoms with Crippen molar-refractivity contribution in [3.63, 3.8) is 0 Å². The second-order valence-electron chi connectivity index (χ2n) is 8.13. The van der Waals surface area contributed by atoms with Crippen LogP contribution >= 0.6 is 0 Å². The van der Waals surface area contributed by atoms with Gasteiger partial charge in [0.05, 0.1) is 18.7 Å². The van der Waals surface area contributed by atoms with E-state index < -0.39 is 5.92 Å². The molecule has 2 amide bonds. The first-order chi connectivity index (χ1) is 15.8. The summed E-state index contributed by atoms with van der Waals surface area (Å²) in [7, 11) is 1.57. The van der Waals surface area contributed by atoms with Crippen LogP contribution in [-0.2, 0) is 9.59 Å². The zero-order valence-electron chi connectivity index (χ0n) is 19.1. The van der Waals surface area contributed by atoms with Crippen molar-refractivity contribution in [3.05, 3.63) is 65.5 Å². The zero-order valence-corrected chi connectivity index (χ0v) is 19.1. The van der Waals surface area contributed by atoms with E-state index in [1.165, 1.54) is 0 Å². The number of benzene rings is 2. The second kappa shape index (κ2) is 9.28. The second-order valence-corrected chi connectivity index (χ2v) is 8.13. The minimum absolute atomic E-state index is 0.101. The molecule has 0 radical (unpaired) electrons. The van der Waals surface area contributed by atoms with Crippen LogP contribution in [-0.4, -0.2) is 35.4 Å². The Kier molecular flexibility index (Phi) is 6.26. The van der Waals surface area contributed by atoms with E-state index in [4.69, 9.17) is 9.47 Å². The summed E-state index contributed by atoms with van der Waals surface area (Å²) in [6, 6.07) is 14.8. The van der Waals surface area contributed by atoms with Gasteiger partial charge in [0.25, 0.3) is 0 Å². The zero-order chi connectivity index (χ0) is 23.5. The average Bonchev–Trinajstić information content (AvgIpc) is 3.16. The van der Waals surface area contributed by atoms with Crippen molar-refractivity contribution in [1.29, 1.82) is 0 Å². The van der Waals surface area contributed by atoms with E-state index in [1.807, 2.05) is 45.0 Å². The smallest absolute Gasteiger partial charge is 0.322 e. The van der Waals surface area contributed by atoms with Gasteiger partial charge in [-0.3, -0.25) is 9.59 Å². The van der Waals surface area contributed by atoms with E-state index in [2.05, 4.69) is 15.3 Å². The SMILES string of the molecule is COc1ccc(C)cc1N1CC(C(=O)Nc2ccc(Oc3nc(C)cc(C)n3)cc2)CC1=O. The minimum Gasteiger partial charge on any atom is -0.495 e. The number of rotatable bonds is 6. The number of amides is 2. The Labute approximate surface area is 192 Å². The monoisotopic (exact) mass is 446 g/mol. The summed E-state index contributed by atoms with van der Waals surface area (Å²) in [5.74, 6) is 0.410. The average molecular weight is 447 g/mol. The van der Waals surface area contributed by atoms with Crippen LogP contribution in [0.5, 0.6) is 17.5 Å². The first-order valence-electron chi connectivity index (χ1n) is 10.7. The van der Waals surface area contributed by atoms with Crippen LogP contribution in [0.1, 0.15) is 23.4 Å². The number of aromatic nitrogens is 2. The van der Waals surface area contributed by atoms with Crippen LogP contribution in [0.4, 0.5) is 11.4 Å². The van der Waals surface area contributed by atoms with E-state index in [-0.39, 0.29) is 24.2 Å². The van der Waals surface area contributed by atoms with Gasteiger partial charge in [0.2, 0.25) is 11.8 Å². The standard InChI is InChI=1S/C25H26N4O4/c1-15-5-10-22(32-4)21(11-15)29-14-18(13-23(29)30)24(31)28-19-6-8-20(9-7-19)33-25-26-16(2)12-17(3)27-25/h5-12,18H,13-14H2,1-4H3,(H,28,31). The van der Waals surface area contributed by atoms with Gasteiger partial charge in [0.1, 0.15) is 11.5 Å². The van der Waals surface area contributed by atoms with Crippen molar-refractivity contribution >= 4 is 23.2 Å². The highest BCUT2D eigenvalue weighted by Crippen LogP contribution is 2.34. The molecule has 1 fully saturated rings. The van der Waals surface area contributed by atoms with Crippen molar-refractivity contribution in [2.75, 3.05) is 23.9 Å². The fourth-order valence-corrected chi connectivity index (χ4v) is 3.82. The van der Waals surface area contributed by atoms with Gasteiger partial charge in [-0.05, 0) is 68.8 Å². The van der Waals surface area contributed by atoms with Crippen molar-refractivity contribution in [2.45, 2.75) is 27.2 Å². The highest BCUT2D eigenvalue weighted by molar-refractivity contribution is 6.04. The summed E-state index contributed by atoms with van der Waals surface area (Å²) in [5, 5.41) is 2.89. The largest absolute Gasteiger partial charge is 0.495 e. The van der Waals surface area contributed by atoms with Crippen LogP contribution in [0.25, 0.3) is 0 Å². The number of ether oxygens (including phenoxy) is 2. The maximum absolute atomic E-state index is 12.8. The van der Waals surface area contributed by atoms with Gasteiger partial charge in [-0.25, -0.2) is 9.97 Å². The van der Waals surface area contributed by atoms with Gasteiger partial charge < -0.3 is 19.7 Å². The Bertz CT molecular complexity index is 1170. The predicted molar refractivity (Wildman–Crippen MR) is 125 cm³/mol. The molecule has 1 saturated heterocycles. The lowest BCUT2D eigenvalue weighted by Gasteiger charge is -2.20. The first kappa shape index (κ1) is 22.3. The molecule has 1 N–H and O–H groups in total. The molecule has 2 heterocycles. The molecule has 2 aromatic carbocycles. The molecule has 0 aliphatic carbocycles. The molecule has 1 atom stereocenters. The van der Waals surface area contributed by atoms with E-state index in [0.29, 0.717) is 29.4 Å². The van der Waals surface area contributed by atoms with E-state index >= 15 is 0 Å². The summed E-state index contributed by atoms with van der Waals surface area (Å²) < 4.78 is 11.1. The number of nitrogens with zero attached hydrogens (tertiary/aromatic N) is 3. The third-order valence-corrected chi connectivity index (χ3v) is 5.41. The molecule has 0 saturated carbocycles. The van der Waals surface area contributed by atoms with E-state index in [1.54, 1.807) is 36.3 Å². The molecule has 1 aliphatic rings. The number of carbonyl (C=O) groups is 2. The molecule has 3 aromatic rings. The number of methoxy groups -OCH3 is 1. The third-order valence-electron chi connectivity index (χ3n) is 5.41. The Morgan fingerprint density at radius 1 is 1.03 bits per heavy atom.